The Morgan fingerprint density at radius 2 is 1.19 bits per heavy atom. The van der Waals surface area contributed by atoms with Crippen LogP contribution in [-0.2, 0) is 62.3 Å². The number of fused-ring (bicyclic) bond motifs is 1. The molecule has 0 bridgehead atoms. The number of halogens is 5. The number of nitrogens with zero attached hydrogens (tertiary/aromatic N) is 9. The van der Waals surface area contributed by atoms with Gasteiger partial charge in [0.2, 0.25) is 70.9 Å². The van der Waals surface area contributed by atoms with Crippen molar-refractivity contribution in [2.24, 2.45) is 41.4 Å². The summed E-state index contributed by atoms with van der Waals surface area (Å²) in [6, 6.07) is -9.18. The van der Waals surface area contributed by atoms with E-state index in [2.05, 4.69) is 16.0 Å². The quantitative estimate of drug-likeness (QED) is 0.106. The smallest absolute Gasteiger partial charge is 0.376 e. The fourth-order valence-electron chi connectivity index (χ4n) is 17.3. The molecule has 0 radical (unpaired) electrons. The third kappa shape index (κ3) is 23.4. The van der Waals surface area contributed by atoms with Crippen molar-refractivity contribution < 1.29 is 79.8 Å². The number of ether oxygens (including phenoxy) is 1. The number of likely N-dealkylation sites (N-methyl/N-ethyl adjacent to an activating group) is 7. The number of hydrogen-bond acceptors (Lipinski definition) is 13. The van der Waals surface area contributed by atoms with Crippen molar-refractivity contribution >= 4 is 82.5 Å². The molecule has 1 spiro atoms. The Balaban J connectivity index is 1.31. The molecule has 25 nitrogen and oxygen atoms in total. The summed E-state index contributed by atoms with van der Waals surface area (Å²) in [6.45, 7) is 9.98. The first-order valence-electron chi connectivity index (χ1n) is 40.1. The average Bonchev–Trinajstić information content (AvgIpc) is 1.55. The number of piperidine rings is 1. The number of hydrogen-bond donors (Lipinski definition) is 3. The number of nitrogens with one attached hydrogen (secondary N) is 3. The predicted molar refractivity (Wildman–Crippen MR) is 399 cm³/mol. The maximum absolute atomic E-state index is 15.8. The van der Waals surface area contributed by atoms with E-state index in [9.17, 15) is 37.1 Å². The molecule has 612 valence electrons. The highest BCUT2D eigenvalue weighted by Crippen LogP contribution is 2.43. The molecule has 0 aromatic rings. The molecule has 0 aromatic heterocycles. The van der Waals surface area contributed by atoms with Crippen molar-refractivity contribution in [2.75, 3.05) is 95.2 Å². The lowest BCUT2D eigenvalue weighted by Crippen LogP contribution is -2.64. The van der Waals surface area contributed by atoms with Gasteiger partial charge in [0.25, 0.3) is 0 Å². The van der Waals surface area contributed by atoms with Crippen LogP contribution in [0, 0.1) is 41.4 Å². The third-order valence-electron chi connectivity index (χ3n) is 24.5. The van der Waals surface area contributed by atoms with E-state index in [1.165, 1.54) is 73.8 Å². The number of carbonyl (C=O) groups excluding carboxylic acids is 12. The monoisotopic (exact) mass is 1550 g/mol. The van der Waals surface area contributed by atoms with Gasteiger partial charge in [0.15, 0.2) is 0 Å². The van der Waals surface area contributed by atoms with Gasteiger partial charge in [-0.2, -0.15) is 13.2 Å². The van der Waals surface area contributed by atoms with E-state index in [1.54, 1.807) is 11.8 Å². The highest BCUT2D eigenvalue weighted by molar-refractivity contribution is 6.20. The molecule has 7 rings (SSSR count). The first-order chi connectivity index (χ1) is 50.9. The van der Waals surface area contributed by atoms with Gasteiger partial charge in [0.1, 0.15) is 54.0 Å². The van der Waals surface area contributed by atoms with Crippen molar-refractivity contribution in [3.63, 3.8) is 0 Å². The van der Waals surface area contributed by atoms with Crippen LogP contribution in [0.15, 0.2) is 0 Å². The fraction of sp³-hybridized carbons (Fsp3) is 0.846. The first kappa shape index (κ1) is 88.8. The van der Waals surface area contributed by atoms with Crippen LogP contribution >= 0.6 is 11.6 Å². The van der Waals surface area contributed by atoms with Crippen LogP contribution in [0.1, 0.15) is 215 Å². The minimum atomic E-state index is -4.78. The minimum absolute atomic E-state index is 0.00646. The molecule has 4 aliphatic carbocycles. The fourth-order valence-corrected chi connectivity index (χ4v) is 17.7. The zero-order valence-corrected chi connectivity index (χ0v) is 67.3. The predicted octanol–water partition coefficient (Wildman–Crippen LogP) is 7.47. The Kier molecular flexibility index (Phi) is 33.0. The summed E-state index contributed by atoms with van der Waals surface area (Å²) in [5, 5.41) is 8.60. The summed E-state index contributed by atoms with van der Waals surface area (Å²) < 4.78 is 64.2. The minimum Gasteiger partial charge on any atom is -0.376 e. The van der Waals surface area contributed by atoms with Gasteiger partial charge in [-0.05, 0) is 132 Å². The van der Waals surface area contributed by atoms with Crippen LogP contribution in [0.2, 0.25) is 0 Å². The molecule has 3 saturated heterocycles. The lowest BCUT2D eigenvalue weighted by molar-refractivity contribution is -0.201. The van der Waals surface area contributed by atoms with Crippen molar-refractivity contribution in [3.8, 4) is 0 Å². The maximum Gasteiger partial charge on any atom is 0.394 e. The molecule has 5 unspecified atom stereocenters. The summed E-state index contributed by atoms with van der Waals surface area (Å²) in [7, 11) is 9.87. The molecule has 0 aromatic carbocycles. The summed E-state index contributed by atoms with van der Waals surface area (Å²) in [5.74, 6) is -12.0. The third-order valence-corrected chi connectivity index (χ3v) is 25.1. The highest BCUT2D eigenvalue weighted by atomic mass is 35.5. The molecule has 14 atom stereocenters. The van der Waals surface area contributed by atoms with Crippen molar-refractivity contribution in [1.82, 2.24) is 60.0 Å². The number of alkyl halides is 5. The van der Waals surface area contributed by atoms with Gasteiger partial charge in [-0.3, -0.25) is 57.5 Å². The Labute approximate surface area is 642 Å². The number of carbonyl (C=O) groups is 12. The van der Waals surface area contributed by atoms with E-state index in [1.807, 2.05) is 34.6 Å². The van der Waals surface area contributed by atoms with E-state index in [4.69, 9.17) is 16.3 Å². The van der Waals surface area contributed by atoms with Gasteiger partial charge in [0, 0.05) is 80.8 Å². The van der Waals surface area contributed by atoms with E-state index in [0.717, 1.165) is 78.9 Å². The largest absolute Gasteiger partial charge is 0.394 e. The van der Waals surface area contributed by atoms with Gasteiger partial charge >= 0.3 is 6.18 Å². The van der Waals surface area contributed by atoms with Gasteiger partial charge in [0.05, 0.1) is 44.7 Å². The molecule has 108 heavy (non-hydrogen) atoms. The van der Waals surface area contributed by atoms with Gasteiger partial charge in [-0.1, -0.05) is 106 Å². The van der Waals surface area contributed by atoms with Crippen LogP contribution in [0.5, 0.6) is 0 Å². The summed E-state index contributed by atoms with van der Waals surface area (Å²) in [4.78, 5) is 193. The Morgan fingerprint density at radius 1 is 0.593 bits per heavy atom. The molecule has 3 N–H and O–H groups in total. The number of rotatable bonds is 15. The average molecular weight is 1550 g/mol. The Hall–Kier alpha value is -6.39. The number of amides is 12. The van der Waals surface area contributed by atoms with Crippen LogP contribution < -0.4 is 16.0 Å². The molecule has 12 amide bonds. The van der Waals surface area contributed by atoms with Crippen molar-refractivity contribution in [1.29, 1.82) is 0 Å². The van der Waals surface area contributed by atoms with Gasteiger partial charge < -0.3 is 64.8 Å². The summed E-state index contributed by atoms with van der Waals surface area (Å²) in [5.41, 5.74) is -1.66. The normalized spacial score (nSPS) is 30.7. The van der Waals surface area contributed by atoms with Gasteiger partial charge in [-0.25, -0.2) is 4.39 Å². The second-order valence-corrected chi connectivity index (χ2v) is 34.2. The van der Waals surface area contributed by atoms with E-state index in [0.29, 0.717) is 45.2 Å². The molecule has 3 heterocycles. The van der Waals surface area contributed by atoms with Crippen molar-refractivity contribution in [3.05, 3.63) is 0 Å². The van der Waals surface area contributed by atoms with Crippen LogP contribution in [0.25, 0.3) is 0 Å². The van der Waals surface area contributed by atoms with E-state index >= 15 is 38.0 Å². The summed E-state index contributed by atoms with van der Waals surface area (Å²) in [6.07, 6.45) is 2.06. The SMILES string of the molecule is CC[C@H](C)[C@@H]1NC(=O)[C@H](CC(C)C)N(C)C(=O)C[C@@H](C(=O)N2CCCCC2)N(C)C(=O)[C@H](CC(C)C)N(C)C(=O)C2(CCCC2)NC(=O)[C@@H]2C[C@H](OCC3CCCCC3Cl)CN2C(=O)[C@H](CCC2CCC(C(F)(F)F)C(F)C2)NC(=O)CN(C)C(=O)[C@H](CC2CCCCC2)N(C)C(=O)CN(C)C(=O)CN(C)C1=O. The Bertz CT molecular complexity index is 3120. The second kappa shape index (κ2) is 40.2. The molecule has 30 heteroatoms. The Morgan fingerprint density at radius 3 is 1.80 bits per heavy atom. The molecule has 7 aliphatic rings. The lowest BCUT2D eigenvalue weighted by Gasteiger charge is -2.41. The number of likely N-dealkylation sites (tertiary alicyclic amines) is 1. The van der Waals surface area contributed by atoms with Crippen LogP contribution in [0.3, 0.4) is 0 Å². The zero-order chi connectivity index (χ0) is 79.8. The molecular formula is C78H127ClF4N12O13. The molecule has 4 saturated carbocycles. The topological polar surface area (TPSA) is 279 Å². The van der Waals surface area contributed by atoms with Gasteiger partial charge in [-0.15, -0.1) is 11.6 Å². The second-order valence-electron chi connectivity index (χ2n) is 33.6. The lowest BCUT2D eigenvalue weighted by atomic mass is 9.78. The first-order valence-corrected chi connectivity index (χ1v) is 40.6. The summed E-state index contributed by atoms with van der Waals surface area (Å²) >= 11 is 6.85. The van der Waals surface area contributed by atoms with Crippen LogP contribution in [0.4, 0.5) is 17.6 Å². The van der Waals surface area contributed by atoms with Crippen molar-refractivity contribution in [2.45, 2.75) is 287 Å². The molecule has 7 fully saturated rings. The highest BCUT2D eigenvalue weighted by Gasteiger charge is 2.53. The molecular weight excluding hydrogens is 1420 g/mol. The molecule has 3 aliphatic heterocycles. The zero-order valence-electron chi connectivity index (χ0n) is 66.6. The van der Waals surface area contributed by atoms with E-state index in [-0.39, 0.29) is 100.0 Å². The maximum atomic E-state index is 15.8. The van der Waals surface area contributed by atoms with Crippen LogP contribution in [-0.4, -0.2) is 282 Å². The van der Waals surface area contributed by atoms with E-state index < -0.39 is 194 Å². The standard InChI is InChI=1S/C78H127ClF4N12O13/c1-14-50(6)68-75(106)89(9)45-66(98)87(7)46-67(99)91(11)62(40-51-25-17-15-18-26-51)72(103)88(8)44-64(96)84-58(32-30-52-29-31-55(57(80)39-52)78(81,82)83)71(102)95-43-54(108-47-53-27-19-20-28-56(53)79)41-60(95)70(101)86-77(33-21-22-34-77)76(107)93(13)61(38-49(4)5)73(104)92(12)63(74(105)94-35-23-16-24-36-94)42-65(97)90(10)59(37-48(2)3)69(100)85-68/h48-63,68H,14-47H2,1-13H3,(H,84,96)(H,85,100)(H,86,101)/t50-,52?,53?,54-,55?,56?,57?,58-,59-,60-,61-,62-,63-,68-/m0/s1.